The molecule has 3 rings (SSSR count). The van der Waals surface area contributed by atoms with E-state index >= 15 is 0 Å². The highest BCUT2D eigenvalue weighted by Gasteiger charge is 2.22. The Morgan fingerprint density at radius 3 is 2.76 bits per heavy atom. The minimum absolute atomic E-state index is 0.0764. The predicted octanol–water partition coefficient (Wildman–Crippen LogP) is 3.24. The van der Waals surface area contributed by atoms with Crippen LogP contribution in [0, 0.1) is 0 Å². The molecule has 0 aliphatic heterocycles. The summed E-state index contributed by atoms with van der Waals surface area (Å²) in [5, 5.41) is 4.52. The van der Waals surface area contributed by atoms with Crippen molar-refractivity contribution in [2.45, 2.75) is 26.5 Å². The van der Waals surface area contributed by atoms with E-state index in [4.69, 9.17) is 16.3 Å². The van der Waals surface area contributed by atoms with Crippen LogP contribution in [-0.4, -0.2) is 25.3 Å². The summed E-state index contributed by atoms with van der Waals surface area (Å²) in [4.78, 5) is 16.7. The lowest BCUT2D eigenvalue weighted by molar-refractivity contribution is 0.0457. The quantitative estimate of drug-likeness (QED) is 0.635. The molecule has 0 atom stereocenters. The van der Waals surface area contributed by atoms with Gasteiger partial charge in [0.25, 0.3) is 0 Å². The van der Waals surface area contributed by atoms with Crippen molar-refractivity contribution in [1.82, 2.24) is 19.3 Å². The molecule has 25 heavy (non-hydrogen) atoms. The number of hydrogen-bond donors (Lipinski definition) is 0. The van der Waals surface area contributed by atoms with Crippen LogP contribution in [0.5, 0.6) is 0 Å². The molecule has 0 spiro atoms. The maximum absolute atomic E-state index is 12.4. The Morgan fingerprint density at radius 2 is 2.04 bits per heavy atom. The van der Waals surface area contributed by atoms with E-state index in [1.54, 1.807) is 13.2 Å². The van der Waals surface area contributed by atoms with Crippen LogP contribution in [0.2, 0.25) is 5.15 Å². The Morgan fingerprint density at radius 1 is 1.28 bits per heavy atom. The van der Waals surface area contributed by atoms with Gasteiger partial charge in [-0.05, 0) is 12.0 Å². The second-order valence-electron chi connectivity index (χ2n) is 5.62. The molecule has 0 bridgehead atoms. The number of halogens is 1. The molecule has 7 heteroatoms. The third-order valence-corrected chi connectivity index (χ3v) is 4.35. The van der Waals surface area contributed by atoms with Gasteiger partial charge in [0, 0.05) is 26.0 Å². The van der Waals surface area contributed by atoms with Gasteiger partial charge in [-0.2, -0.15) is 5.10 Å². The van der Waals surface area contributed by atoms with E-state index in [-0.39, 0.29) is 11.8 Å². The van der Waals surface area contributed by atoms with E-state index in [1.807, 2.05) is 48.0 Å². The first-order valence-electron chi connectivity index (χ1n) is 8.02. The third kappa shape index (κ3) is 3.74. The average molecular weight is 359 g/mol. The molecule has 0 unspecified atom stereocenters. The minimum atomic E-state index is -0.482. The fourth-order valence-corrected chi connectivity index (χ4v) is 2.84. The van der Waals surface area contributed by atoms with Gasteiger partial charge in [-0.15, -0.1) is 0 Å². The average Bonchev–Trinajstić information content (AvgIpc) is 3.18. The van der Waals surface area contributed by atoms with Crippen LogP contribution in [0.15, 0.2) is 42.7 Å². The summed E-state index contributed by atoms with van der Waals surface area (Å²) >= 11 is 6.17. The molecule has 0 N–H and O–H groups in total. The van der Waals surface area contributed by atoms with Crippen LogP contribution in [0.3, 0.4) is 0 Å². The molecular weight excluding hydrogens is 340 g/mol. The second-order valence-corrected chi connectivity index (χ2v) is 5.98. The zero-order chi connectivity index (χ0) is 17.8. The van der Waals surface area contributed by atoms with Gasteiger partial charge in [-0.1, -0.05) is 48.9 Å². The van der Waals surface area contributed by atoms with Gasteiger partial charge < -0.3 is 9.30 Å². The van der Waals surface area contributed by atoms with Crippen LogP contribution < -0.4 is 0 Å². The van der Waals surface area contributed by atoms with Crippen LogP contribution in [0.4, 0.5) is 0 Å². The van der Waals surface area contributed by atoms with E-state index < -0.39 is 5.97 Å². The van der Waals surface area contributed by atoms with E-state index in [0.29, 0.717) is 30.0 Å². The molecule has 0 aliphatic rings. The van der Waals surface area contributed by atoms with Crippen molar-refractivity contribution in [3.8, 4) is 0 Å². The van der Waals surface area contributed by atoms with Gasteiger partial charge in [-0.3, -0.25) is 4.68 Å². The maximum atomic E-state index is 12.4. The molecule has 2 heterocycles. The van der Waals surface area contributed by atoms with Crippen LogP contribution in [0.1, 0.15) is 34.4 Å². The monoisotopic (exact) mass is 358 g/mol. The Balaban J connectivity index is 1.71. The lowest BCUT2D eigenvalue weighted by Gasteiger charge is -2.09. The smallest absolute Gasteiger partial charge is 0.343 e. The van der Waals surface area contributed by atoms with Crippen LogP contribution in [-0.2, 0) is 31.4 Å². The number of rotatable bonds is 6. The number of aromatic nitrogens is 4. The summed E-state index contributed by atoms with van der Waals surface area (Å²) in [5.41, 5.74) is 2.11. The molecule has 0 saturated heterocycles. The van der Waals surface area contributed by atoms with E-state index in [1.165, 1.54) is 4.68 Å². The summed E-state index contributed by atoms with van der Waals surface area (Å²) in [6, 6.07) is 10.0. The molecule has 0 radical (unpaired) electrons. The van der Waals surface area contributed by atoms with Crippen molar-refractivity contribution >= 4 is 17.6 Å². The number of esters is 1. The molecule has 0 saturated carbocycles. The minimum Gasteiger partial charge on any atom is -0.454 e. The molecule has 0 amide bonds. The molecule has 0 fully saturated rings. The van der Waals surface area contributed by atoms with Crippen molar-refractivity contribution in [3.05, 3.63) is 70.5 Å². The summed E-state index contributed by atoms with van der Waals surface area (Å²) in [6.07, 6.45) is 4.17. The highest BCUT2D eigenvalue weighted by molar-refractivity contribution is 6.32. The summed E-state index contributed by atoms with van der Waals surface area (Å²) < 4.78 is 8.86. The molecule has 6 nitrogen and oxygen atoms in total. The zero-order valence-corrected chi connectivity index (χ0v) is 14.9. The molecule has 2 aromatic heterocycles. The first-order valence-corrected chi connectivity index (χ1v) is 8.40. The number of imidazole rings is 1. The SMILES string of the molecule is CCc1nn(C)c(Cl)c1C(=O)OCc1nccn1Cc1ccccc1. The maximum Gasteiger partial charge on any atom is 0.343 e. The summed E-state index contributed by atoms with van der Waals surface area (Å²) in [7, 11) is 1.70. The zero-order valence-electron chi connectivity index (χ0n) is 14.1. The number of carbonyl (C=O) groups is 1. The molecule has 0 aliphatic carbocycles. The van der Waals surface area contributed by atoms with Crippen molar-refractivity contribution in [3.63, 3.8) is 0 Å². The van der Waals surface area contributed by atoms with E-state index in [0.717, 1.165) is 5.56 Å². The fraction of sp³-hybridized carbons (Fsp3) is 0.278. The van der Waals surface area contributed by atoms with Gasteiger partial charge in [0.05, 0.1) is 5.69 Å². The topological polar surface area (TPSA) is 61.9 Å². The number of aryl methyl sites for hydroxylation is 2. The van der Waals surface area contributed by atoms with Gasteiger partial charge in [0.2, 0.25) is 0 Å². The summed E-state index contributed by atoms with van der Waals surface area (Å²) in [6.45, 7) is 2.66. The second kappa shape index (κ2) is 7.53. The molecular formula is C18H19ClN4O2. The Kier molecular flexibility index (Phi) is 5.19. The number of carbonyl (C=O) groups excluding carboxylic acids is 1. The van der Waals surface area contributed by atoms with Crippen LogP contribution in [0.25, 0.3) is 0 Å². The lowest BCUT2D eigenvalue weighted by atomic mass is 10.2. The Labute approximate surface area is 151 Å². The van der Waals surface area contributed by atoms with Crippen LogP contribution >= 0.6 is 11.6 Å². The van der Waals surface area contributed by atoms with Crippen molar-refractivity contribution < 1.29 is 9.53 Å². The number of benzene rings is 1. The predicted molar refractivity (Wildman–Crippen MR) is 94.5 cm³/mol. The highest BCUT2D eigenvalue weighted by atomic mass is 35.5. The van der Waals surface area contributed by atoms with E-state index in [9.17, 15) is 4.79 Å². The normalized spacial score (nSPS) is 10.8. The molecule has 1 aromatic carbocycles. The first-order chi connectivity index (χ1) is 12.1. The molecule has 130 valence electrons. The number of ether oxygens (including phenoxy) is 1. The van der Waals surface area contributed by atoms with E-state index in [2.05, 4.69) is 10.1 Å². The fourth-order valence-electron chi connectivity index (χ4n) is 2.61. The van der Waals surface area contributed by atoms with Crippen molar-refractivity contribution in [1.29, 1.82) is 0 Å². The summed E-state index contributed by atoms with van der Waals surface area (Å²) in [5.74, 6) is 0.194. The Bertz CT molecular complexity index is 871. The number of hydrogen-bond acceptors (Lipinski definition) is 4. The van der Waals surface area contributed by atoms with Crippen molar-refractivity contribution in [2.24, 2.45) is 7.05 Å². The largest absolute Gasteiger partial charge is 0.454 e. The van der Waals surface area contributed by atoms with Gasteiger partial charge in [0.15, 0.2) is 0 Å². The van der Waals surface area contributed by atoms with Gasteiger partial charge >= 0.3 is 5.97 Å². The Hall–Kier alpha value is -2.60. The number of nitrogens with zero attached hydrogens (tertiary/aromatic N) is 4. The first kappa shape index (κ1) is 17.2. The lowest BCUT2D eigenvalue weighted by Crippen LogP contribution is -2.11. The van der Waals surface area contributed by atoms with Crippen molar-refractivity contribution in [2.75, 3.05) is 0 Å². The van der Waals surface area contributed by atoms with Gasteiger partial charge in [0.1, 0.15) is 23.1 Å². The molecule has 3 aromatic rings. The third-order valence-electron chi connectivity index (χ3n) is 3.92. The van der Waals surface area contributed by atoms with Gasteiger partial charge in [-0.25, -0.2) is 9.78 Å². The highest BCUT2D eigenvalue weighted by Crippen LogP contribution is 2.21. The standard InChI is InChI=1S/C18H19ClN4O2/c1-3-14-16(17(19)22(2)21-14)18(24)25-12-15-20-9-10-23(15)11-13-7-5-4-6-8-13/h4-10H,3,11-12H2,1-2H3.